The van der Waals surface area contributed by atoms with Crippen LogP contribution in [-0.2, 0) is 6.42 Å². The molecule has 0 atom stereocenters. The Morgan fingerprint density at radius 1 is 1.36 bits per heavy atom. The molecule has 0 saturated carbocycles. The molecule has 3 rings (SSSR count). The molecule has 1 N–H and O–H groups in total. The van der Waals surface area contributed by atoms with Crippen molar-refractivity contribution in [2.75, 3.05) is 27.2 Å². The van der Waals surface area contributed by atoms with E-state index in [0.717, 1.165) is 58.3 Å². The van der Waals surface area contributed by atoms with Crippen molar-refractivity contribution in [2.45, 2.75) is 45.3 Å². The highest BCUT2D eigenvalue weighted by Gasteiger charge is 2.22. The van der Waals surface area contributed by atoms with E-state index in [4.69, 9.17) is 4.74 Å². The average molecular weight is 445 g/mol. The number of nitriles is 1. The molecule has 150 valence electrons. The van der Waals surface area contributed by atoms with Crippen LogP contribution in [0.15, 0.2) is 34.4 Å². The van der Waals surface area contributed by atoms with Crippen LogP contribution in [0.5, 0.6) is 5.75 Å². The van der Waals surface area contributed by atoms with Crippen molar-refractivity contribution < 1.29 is 4.74 Å². The molecule has 1 fully saturated rings. The number of aromatic amines is 1. The predicted octanol–water partition coefficient (Wildman–Crippen LogP) is 4.69. The van der Waals surface area contributed by atoms with E-state index in [1.54, 1.807) is 0 Å². The lowest BCUT2D eigenvalue weighted by atomic mass is 10.1. The van der Waals surface area contributed by atoms with Gasteiger partial charge in [0.1, 0.15) is 11.9 Å². The molecule has 1 aliphatic rings. The second-order valence-corrected chi connectivity index (χ2v) is 8.87. The van der Waals surface area contributed by atoms with E-state index in [1.165, 1.54) is 0 Å². The number of hydrogen-bond acceptors (Lipinski definition) is 4. The van der Waals surface area contributed by atoms with Crippen LogP contribution in [0.1, 0.15) is 32.4 Å². The topological polar surface area (TPSA) is 55.3 Å². The number of fused-ring (bicyclic) bond motifs is 1. The average Bonchev–Trinajstić information content (AvgIpc) is 3.02. The highest BCUT2D eigenvalue weighted by Crippen LogP contribution is 2.33. The summed E-state index contributed by atoms with van der Waals surface area (Å²) in [5.41, 5.74) is 2.80. The Morgan fingerprint density at radius 2 is 2.07 bits per heavy atom. The number of nitrogens with one attached hydrogen (secondary N) is 1. The van der Waals surface area contributed by atoms with Gasteiger partial charge in [-0.25, -0.2) is 0 Å². The van der Waals surface area contributed by atoms with Crippen LogP contribution in [0.3, 0.4) is 0 Å². The van der Waals surface area contributed by atoms with Gasteiger partial charge >= 0.3 is 0 Å². The third-order valence-electron chi connectivity index (χ3n) is 5.17. The maximum Gasteiger partial charge on any atom is 0.134 e. The number of hydrogen-bond donors (Lipinski definition) is 1. The molecule has 1 aliphatic heterocycles. The summed E-state index contributed by atoms with van der Waals surface area (Å²) in [7, 11) is 3.85. The summed E-state index contributed by atoms with van der Waals surface area (Å²) in [4.78, 5) is 7.82. The number of H-pyrrole nitrogens is 1. The lowest BCUT2D eigenvalue weighted by molar-refractivity contribution is 0.0839. The van der Waals surface area contributed by atoms with Crippen LogP contribution in [0, 0.1) is 11.3 Å². The summed E-state index contributed by atoms with van der Waals surface area (Å²) in [5, 5.41) is 10.5. The normalized spacial score (nSPS) is 16.5. The molecule has 0 unspecified atom stereocenters. The fourth-order valence-corrected chi connectivity index (χ4v) is 4.14. The van der Waals surface area contributed by atoms with Gasteiger partial charge < -0.3 is 19.5 Å². The van der Waals surface area contributed by atoms with Crippen molar-refractivity contribution in [3.63, 3.8) is 0 Å². The minimum atomic E-state index is 0.260. The molecule has 2 heterocycles. The van der Waals surface area contributed by atoms with E-state index in [-0.39, 0.29) is 6.10 Å². The smallest absolute Gasteiger partial charge is 0.134 e. The molecule has 0 aliphatic carbocycles. The number of piperidine rings is 1. The number of rotatable bonds is 6. The Hall–Kier alpha value is -1.97. The third-order valence-corrected chi connectivity index (χ3v) is 5.79. The quantitative estimate of drug-likeness (QED) is 0.656. The lowest BCUT2D eigenvalue weighted by Gasteiger charge is -2.34. The van der Waals surface area contributed by atoms with Crippen molar-refractivity contribution in [1.29, 1.82) is 5.26 Å². The van der Waals surface area contributed by atoms with E-state index in [0.29, 0.717) is 12.5 Å². The number of allylic oxidation sites excluding steroid dienone is 1. The number of aromatic nitrogens is 1. The van der Waals surface area contributed by atoms with Gasteiger partial charge in [0.25, 0.3) is 0 Å². The van der Waals surface area contributed by atoms with Crippen molar-refractivity contribution in [3.05, 3.63) is 40.1 Å². The Balaban J connectivity index is 1.73. The van der Waals surface area contributed by atoms with Gasteiger partial charge in [-0.1, -0.05) is 0 Å². The predicted molar refractivity (Wildman–Crippen MR) is 117 cm³/mol. The highest BCUT2D eigenvalue weighted by molar-refractivity contribution is 9.10. The number of nitrogens with zero attached hydrogens (tertiary/aromatic N) is 3. The van der Waals surface area contributed by atoms with E-state index >= 15 is 0 Å². The van der Waals surface area contributed by atoms with Gasteiger partial charge in [-0.3, -0.25) is 0 Å². The molecular weight excluding hydrogens is 416 g/mol. The zero-order valence-electron chi connectivity index (χ0n) is 17.1. The minimum absolute atomic E-state index is 0.260. The zero-order chi connectivity index (χ0) is 20.3. The minimum Gasteiger partial charge on any atom is -0.489 e. The Bertz CT molecular complexity index is 886. The van der Waals surface area contributed by atoms with Crippen molar-refractivity contribution >= 4 is 26.8 Å². The first-order chi connectivity index (χ1) is 13.4. The van der Waals surface area contributed by atoms with Crippen molar-refractivity contribution in [3.8, 4) is 11.8 Å². The van der Waals surface area contributed by atoms with Crippen LogP contribution >= 0.6 is 15.9 Å². The molecule has 28 heavy (non-hydrogen) atoms. The first kappa shape index (κ1) is 20.8. The molecule has 5 nitrogen and oxygen atoms in total. The molecular formula is C22H29BrN4O. The maximum absolute atomic E-state index is 9.34. The number of halogens is 1. The Kier molecular flexibility index (Phi) is 6.69. The summed E-state index contributed by atoms with van der Waals surface area (Å²) >= 11 is 3.66. The van der Waals surface area contributed by atoms with Crippen LogP contribution in [0.25, 0.3) is 10.9 Å². The van der Waals surface area contributed by atoms with E-state index in [2.05, 4.69) is 63.9 Å². The van der Waals surface area contributed by atoms with Gasteiger partial charge in [0.15, 0.2) is 0 Å². The van der Waals surface area contributed by atoms with Gasteiger partial charge in [0.05, 0.1) is 16.1 Å². The Labute approximate surface area is 176 Å². The molecule has 1 aromatic carbocycles. The Morgan fingerprint density at radius 3 is 2.68 bits per heavy atom. The molecule has 1 saturated heterocycles. The summed E-state index contributed by atoms with van der Waals surface area (Å²) in [6, 6.07) is 9.15. The summed E-state index contributed by atoms with van der Waals surface area (Å²) < 4.78 is 7.29. The van der Waals surface area contributed by atoms with Gasteiger partial charge in [-0.05, 0) is 60.8 Å². The van der Waals surface area contributed by atoms with Crippen molar-refractivity contribution in [1.82, 2.24) is 14.8 Å². The number of likely N-dealkylation sites (tertiary alicyclic amines) is 1. The summed E-state index contributed by atoms with van der Waals surface area (Å²) in [6.45, 7) is 6.68. The monoisotopic (exact) mass is 444 g/mol. The number of benzene rings is 1. The standard InChI is InChI=1S/C22H29BrN4O/c1-15(2)27-7-5-19(6-8-27)28-22-11-17-10-18(25-21(17)12-20(22)23)9-16(13-24)14-26(3)4/h10-12,14-15,19,25H,5-9H2,1-4H3/b16-14-. The van der Waals surface area contributed by atoms with Gasteiger partial charge in [-0.2, -0.15) is 5.26 Å². The maximum atomic E-state index is 9.34. The number of ether oxygens (including phenoxy) is 1. The van der Waals surface area contributed by atoms with Gasteiger partial charge in [-0.15, -0.1) is 0 Å². The second-order valence-electron chi connectivity index (χ2n) is 8.02. The van der Waals surface area contributed by atoms with Crippen LogP contribution in [0.2, 0.25) is 0 Å². The molecule has 2 aromatic rings. The molecule has 1 aromatic heterocycles. The fraction of sp³-hybridized carbons (Fsp3) is 0.500. The highest BCUT2D eigenvalue weighted by atomic mass is 79.9. The largest absolute Gasteiger partial charge is 0.489 e. The first-order valence-electron chi connectivity index (χ1n) is 9.84. The van der Waals surface area contributed by atoms with Gasteiger partial charge in [0.2, 0.25) is 0 Å². The van der Waals surface area contributed by atoms with E-state index in [1.807, 2.05) is 25.2 Å². The summed E-state index contributed by atoms with van der Waals surface area (Å²) in [6.07, 6.45) is 4.82. The molecule has 0 radical (unpaired) electrons. The van der Waals surface area contributed by atoms with Gasteiger partial charge in [0, 0.05) is 62.4 Å². The summed E-state index contributed by atoms with van der Waals surface area (Å²) in [5.74, 6) is 0.894. The van der Waals surface area contributed by atoms with Crippen molar-refractivity contribution in [2.24, 2.45) is 0 Å². The molecule has 0 amide bonds. The fourth-order valence-electron chi connectivity index (χ4n) is 3.70. The zero-order valence-corrected chi connectivity index (χ0v) is 18.7. The SMILES string of the molecule is CC(C)N1CCC(Oc2cc3cc(C/C(C#N)=C/N(C)C)[nH]c3cc2Br)CC1. The van der Waals surface area contributed by atoms with E-state index in [9.17, 15) is 5.26 Å². The lowest BCUT2D eigenvalue weighted by Crippen LogP contribution is -2.41. The van der Waals surface area contributed by atoms with Crippen LogP contribution in [0.4, 0.5) is 0 Å². The molecule has 0 spiro atoms. The molecule has 6 heteroatoms. The first-order valence-corrected chi connectivity index (χ1v) is 10.6. The second kappa shape index (κ2) is 9.02. The van der Waals surface area contributed by atoms with Crippen LogP contribution < -0.4 is 4.74 Å². The third kappa shape index (κ3) is 5.09. The van der Waals surface area contributed by atoms with Crippen LogP contribution in [-0.4, -0.2) is 54.1 Å². The molecule has 0 bridgehead atoms. The van der Waals surface area contributed by atoms with E-state index < -0.39 is 0 Å².